The maximum Gasteiger partial charge on any atom is 0.295 e. The Labute approximate surface area is 193 Å². The summed E-state index contributed by atoms with van der Waals surface area (Å²) in [6, 6.07) is 20.0. The van der Waals surface area contributed by atoms with Crippen molar-refractivity contribution >= 4 is 17.4 Å². The first-order valence-electron chi connectivity index (χ1n) is 10.9. The summed E-state index contributed by atoms with van der Waals surface area (Å²) in [5.74, 6) is -0.833. The van der Waals surface area contributed by atoms with Gasteiger partial charge in [0.1, 0.15) is 11.5 Å². The number of rotatable bonds is 5. The van der Waals surface area contributed by atoms with Crippen molar-refractivity contribution in [2.75, 3.05) is 7.11 Å². The molecule has 0 radical (unpaired) electrons. The van der Waals surface area contributed by atoms with Gasteiger partial charge in [-0.2, -0.15) is 0 Å². The summed E-state index contributed by atoms with van der Waals surface area (Å²) in [6.07, 6.45) is 0. The van der Waals surface area contributed by atoms with Crippen LogP contribution in [0.3, 0.4) is 0 Å². The molecule has 5 heteroatoms. The first-order valence-corrected chi connectivity index (χ1v) is 10.9. The van der Waals surface area contributed by atoms with Crippen LogP contribution in [0, 0.1) is 20.8 Å². The van der Waals surface area contributed by atoms with Crippen LogP contribution in [0.25, 0.3) is 5.76 Å². The van der Waals surface area contributed by atoms with Crippen LogP contribution in [0.2, 0.25) is 0 Å². The molecule has 0 aliphatic carbocycles. The average Bonchev–Trinajstić information content (AvgIpc) is 3.05. The van der Waals surface area contributed by atoms with Gasteiger partial charge in [-0.3, -0.25) is 9.59 Å². The summed E-state index contributed by atoms with van der Waals surface area (Å²) in [5.41, 5.74) is 4.98. The van der Waals surface area contributed by atoms with Crippen molar-refractivity contribution in [3.05, 3.63) is 106 Å². The lowest BCUT2D eigenvalue weighted by molar-refractivity contribution is -0.140. The lowest BCUT2D eigenvalue weighted by atomic mass is 9.91. The number of aliphatic hydroxyl groups excluding tert-OH is 1. The molecular formula is C28H27NO4. The van der Waals surface area contributed by atoms with Crippen LogP contribution in [0.4, 0.5) is 0 Å². The van der Waals surface area contributed by atoms with Crippen molar-refractivity contribution in [1.82, 2.24) is 4.90 Å². The number of methoxy groups -OCH3 is 1. The third-order valence-electron chi connectivity index (χ3n) is 6.20. The van der Waals surface area contributed by atoms with E-state index in [1.54, 1.807) is 7.11 Å². The monoisotopic (exact) mass is 441 g/mol. The molecule has 1 heterocycles. The van der Waals surface area contributed by atoms with Crippen LogP contribution in [0.15, 0.2) is 72.3 Å². The van der Waals surface area contributed by atoms with E-state index >= 15 is 0 Å². The van der Waals surface area contributed by atoms with E-state index in [4.69, 9.17) is 4.74 Å². The molecule has 1 unspecified atom stereocenters. The second kappa shape index (κ2) is 8.94. The fourth-order valence-electron chi connectivity index (χ4n) is 4.41. The number of aryl methyl sites for hydroxylation is 3. The average molecular weight is 442 g/mol. The van der Waals surface area contributed by atoms with Crippen LogP contribution >= 0.6 is 0 Å². The molecular weight excluding hydrogens is 414 g/mol. The minimum atomic E-state index is -0.712. The highest BCUT2D eigenvalue weighted by atomic mass is 16.5. The minimum absolute atomic E-state index is 0.109. The van der Waals surface area contributed by atoms with Crippen LogP contribution in [-0.4, -0.2) is 28.8 Å². The number of benzene rings is 3. The number of nitrogens with zero attached hydrogens (tertiary/aromatic N) is 1. The highest BCUT2D eigenvalue weighted by Gasteiger charge is 2.46. The molecule has 1 fully saturated rings. The second-order valence-electron chi connectivity index (χ2n) is 8.41. The normalized spacial score (nSPS) is 17.5. The smallest absolute Gasteiger partial charge is 0.295 e. The summed E-state index contributed by atoms with van der Waals surface area (Å²) >= 11 is 0. The molecule has 1 amide bonds. The molecule has 168 valence electrons. The number of Topliss-reactive ketones (excluding diaryl/α,β-unsaturated/α-hetero) is 1. The van der Waals surface area contributed by atoms with Gasteiger partial charge in [0.25, 0.3) is 11.7 Å². The molecule has 3 aromatic carbocycles. The molecule has 33 heavy (non-hydrogen) atoms. The molecule has 5 nitrogen and oxygen atoms in total. The van der Waals surface area contributed by atoms with E-state index in [0.29, 0.717) is 11.3 Å². The maximum absolute atomic E-state index is 13.3. The van der Waals surface area contributed by atoms with E-state index in [0.717, 1.165) is 27.8 Å². The van der Waals surface area contributed by atoms with Crippen molar-refractivity contribution in [3.8, 4) is 5.75 Å². The van der Waals surface area contributed by atoms with E-state index in [2.05, 4.69) is 0 Å². The van der Waals surface area contributed by atoms with Gasteiger partial charge in [0.05, 0.1) is 25.3 Å². The number of aliphatic hydroxyl groups is 1. The van der Waals surface area contributed by atoms with Gasteiger partial charge in [-0.1, -0.05) is 60.2 Å². The predicted octanol–water partition coefficient (Wildman–Crippen LogP) is 5.24. The van der Waals surface area contributed by atoms with E-state index in [1.807, 2.05) is 87.5 Å². The van der Waals surface area contributed by atoms with E-state index in [9.17, 15) is 14.7 Å². The van der Waals surface area contributed by atoms with Gasteiger partial charge in [0.15, 0.2) is 0 Å². The molecule has 0 bridgehead atoms. The number of amides is 1. The molecule has 3 aromatic rings. The number of ether oxygens (including phenoxy) is 1. The Morgan fingerprint density at radius 3 is 2.36 bits per heavy atom. The molecule has 1 saturated heterocycles. The SMILES string of the molecule is COc1ccccc1CN1C(=O)C(=O)/C(=C(/O)c2cc(C)ccc2C)C1c1ccccc1C. The number of likely N-dealkylation sites (tertiary alicyclic amines) is 1. The highest BCUT2D eigenvalue weighted by molar-refractivity contribution is 6.46. The summed E-state index contributed by atoms with van der Waals surface area (Å²) in [5, 5.41) is 11.4. The highest BCUT2D eigenvalue weighted by Crippen LogP contribution is 2.42. The van der Waals surface area contributed by atoms with Gasteiger partial charge < -0.3 is 14.7 Å². The standard InChI is InChI=1S/C28H27NO4/c1-17-13-14-19(3)22(15-17)26(30)24-25(21-11-7-5-9-18(21)2)29(28(32)27(24)31)16-20-10-6-8-12-23(20)33-4/h5-15,25,30H,16H2,1-4H3/b26-24+. The van der Waals surface area contributed by atoms with Crippen molar-refractivity contribution in [2.24, 2.45) is 0 Å². The summed E-state index contributed by atoms with van der Waals surface area (Å²) in [7, 11) is 1.58. The zero-order chi connectivity index (χ0) is 23.7. The van der Waals surface area contributed by atoms with Gasteiger partial charge >= 0.3 is 0 Å². The van der Waals surface area contributed by atoms with Crippen molar-refractivity contribution in [3.63, 3.8) is 0 Å². The Kier molecular flexibility index (Phi) is 6.05. The third-order valence-corrected chi connectivity index (χ3v) is 6.20. The van der Waals surface area contributed by atoms with Crippen molar-refractivity contribution in [1.29, 1.82) is 0 Å². The predicted molar refractivity (Wildman–Crippen MR) is 128 cm³/mol. The molecule has 1 N–H and O–H groups in total. The van der Waals surface area contributed by atoms with Crippen LogP contribution in [0.1, 0.15) is 39.4 Å². The molecule has 4 rings (SSSR count). The van der Waals surface area contributed by atoms with Crippen LogP contribution in [0.5, 0.6) is 5.75 Å². The number of ketones is 1. The number of hydrogen-bond acceptors (Lipinski definition) is 4. The summed E-state index contributed by atoms with van der Waals surface area (Å²) < 4.78 is 5.47. The summed E-state index contributed by atoms with van der Waals surface area (Å²) in [4.78, 5) is 28.1. The lowest BCUT2D eigenvalue weighted by Crippen LogP contribution is -2.29. The Hall–Kier alpha value is -3.86. The maximum atomic E-state index is 13.3. The molecule has 0 spiro atoms. The first kappa shape index (κ1) is 22.3. The van der Waals surface area contributed by atoms with Crippen molar-refractivity contribution in [2.45, 2.75) is 33.4 Å². The Morgan fingerprint density at radius 2 is 1.64 bits per heavy atom. The zero-order valence-electron chi connectivity index (χ0n) is 19.3. The van der Waals surface area contributed by atoms with E-state index in [1.165, 1.54) is 4.90 Å². The lowest BCUT2D eigenvalue weighted by Gasteiger charge is -2.27. The quantitative estimate of drug-likeness (QED) is 0.334. The van der Waals surface area contributed by atoms with Gasteiger partial charge in [-0.05, 0) is 49.6 Å². The van der Waals surface area contributed by atoms with E-state index in [-0.39, 0.29) is 17.9 Å². The number of para-hydroxylation sites is 1. The van der Waals surface area contributed by atoms with Gasteiger partial charge in [0.2, 0.25) is 0 Å². The molecule has 1 atom stereocenters. The molecule has 1 aliphatic heterocycles. The molecule has 0 aromatic heterocycles. The Morgan fingerprint density at radius 1 is 0.939 bits per heavy atom. The number of carbonyl (C=O) groups is 2. The number of carbonyl (C=O) groups excluding carboxylic acids is 2. The first-order chi connectivity index (χ1) is 15.8. The zero-order valence-corrected chi connectivity index (χ0v) is 19.3. The summed E-state index contributed by atoms with van der Waals surface area (Å²) in [6.45, 7) is 5.92. The van der Waals surface area contributed by atoms with Crippen LogP contribution < -0.4 is 4.74 Å². The fraction of sp³-hybridized carbons (Fsp3) is 0.214. The Balaban J connectivity index is 1.93. The van der Waals surface area contributed by atoms with Gasteiger partial charge in [0, 0.05) is 11.1 Å². The molecule has 0 saturated carbocycles. The van der Waals surface area contributed by atoms with E-state index < -0.39 is 17.7 Å². The van der Waals surface area contributed by atoms with Gasteiger partial charge in [-0.15, -0.1) is 0 Å². The van der Waals surface area contributed by atoms with Crippen molar-refractivity contribution < 1.29 is 19.4 Å². The topological polar surface area (TPSA) is 66.8 Å². The Bertz CT molecular complexity index is 1270. The molecule has 1 aliphatic rings. The second-order valence-corrected chi connectivity index (χ2v) is 8.41. The van der Waals surface area contributed by atoms with Crippen LogP contribution in [-0.2, 0) is 16.1 Å². The minimum Gasteiger partial charge on any atom is -0.507 e. The fourth-order valence-corrected chi connectivity index (χ4v) is 4.41. The number of hydrogen-bond donors (Lipinski definition) is 1. The largest absolute Gasteiger partial charge is 0.507 e. The third kappa shape index (κ3) is 4.02. The van der Waals surface area contributed by atoms with Gasteiger partial charge in [-0.25, -0.2) is 0 Å².